The van der Waals surface area contributed by atoms with Crippen molar-refractivity contribution in [3.8, 4) is 0 Å². The highest BCUT2D eigenvalue weighted by atomic mass is 16.5. The van der Waals surface area contributed by atoms with Gasteiger partial charge < -0.3 is 9.42 Å². The highest BCUT2D eigenvalue weighted by Crippen LogP contribution is 2.37. The molecule has 0 N–H and O–H groups in total. The Balaban J connectivity index is 1.78. The molecule has 1 atom stereocenters. The molecule has 15 heavy (non-hydrogen) atoms. The van der Waals surface area contributed by atoms with Crippen molar-refractivity contribution in [1.29, 1.82) is 0 Å². The Morgan fingerprint density at radius 3 is 3.00 bits per heavy atom. The first-order chi connectivity index (χ1) is 7.30. The minimum Gasteiger partial charge on any atom is -0.339 e. The third-order valence-electron chi connectivity index (χ3n) is 4.01. The normalized spacial score (nSPS) is 31.9. The SMILES string of the molecule is CN1CCCC12CCN(c1ccno1)C2. The number of rotatable bonds is 1. The Morgan fingerprint density at radius 2 is 2.33 bits per heavy atom. The van der Waals surface area contributed by atoms with Crippen LogP contribution in [0.5, 0.6) is 0 Å². The molecule has 0 radical (unpaired) electrons. The van der Waals surface area contributed by atoms with Crippen molar-refractivity contribution in [2.45, 2.75) is 24.8 Å². The lowest BCUT2D eigenvalue weighted by Crippen LogP contribution is -2.43. The first-order valence-corrected chi connectivity index (χ1v) is 5.67. The Bertz CT molecular complexity index is 338. The fourth-order valence-corrected chi connectivity index (χ4v) is 3.01. The fourth-order valence-electron chi connectivity index (χ4n) is 3.01. The highest BCUT2D eigenvalue weighted by molar-refractivity contribution is 5.37. The summed E-state index contributed by atoms with van der Waals surface area (Å²) in [7, 11) is 2.25. The first-order valence-electron chi connectivity index (χ1n) is 5.67. The Morgan fingerprint density at radius 1 is 1.40 bits per heavy atom. The summed E-state index contributed by atoms with van der Waals surface area (Å²) in [5, 5.41) is 3.77. The first kappa shape index (κ1) is 9.21. The van der Waals surface area contributed by atoms with E-state index in [1.54, 1.807) is 6.20 Å². The van der Waals surface area contributed by atoms with Crippen molar-refractivity contribution < 1.29 is 4.52 Å². The third-order valence-corrected chi connectivity index (χ3v) is 4.01. The molecule has 1 unspecified atom stereocenters. The van der Waals surface area contributed by atoms with Crippen molar-refractivity contribution in [3.05, 3.63) is 12.3 Å². The van der Waals surface area contributed by atoms with Gasteiger partial charge in [0, 0.05) is 24.7 Å². The van der Waals surface area contributed by atoms with Gasteiger partial charge in [-0.2, -0.15) is 0 Å². The van der Waals surface area contributed by atoms with E-state index in [0.29, 0.717) is 5.54 Å². The van der Waals surface area contributed by atoms with Gasteiger partial charge in [0.05, 0.1) is 6.20 Å². The van der Waals surface area contributed by atoms with Gasteiger partial charge in [-0.25, -0.2) is 0 Å². The Kier molecular flexibility index (Phi) is 1.99. The smallest absolute Gasteiger partial charge is 0.227 e. The summed E-state index contributed by atoms with van der Waals surface area (Å²) in [4.78, 5) is 4.83. The van der Waals surface area contributed by atoms with E-state index in [9.17, 15) is 0 Å². The van der Waals surface area contributed by atoms with Crippen molar-refractivity contribution >= 4 is 5.88 Å². The number of anilines is 1. The van der Waals surface area contributed by atoms with E-state index in [1.807, 2.05) is 6.07 Å². The summed E-state index contributed by atoms with van der Waals surface area (Å²) >= 11 is 0. The van der Waals surface area contributed by atoms with Crippen molar-refractivity contribution in [1.82, 2.24) is 10.1 Å². The monoisotopic (exact) mass is 207 g/mol. The van der Waals surface area contributed by atoms with Crippen LogP contribution >= 0.6 is 0 Å². The maximum Gasteiger partial charge on any atom is 0.227 e. The molecule has 1 aromatic rings. The number of hydrogen-bond acceptors (Lipinski definition) is 4. The number of likely N-dealkylation sites (N-methyl/N-ethyl adjacent to an activating group) is 1. The van der Waals surface area contributed by atoms with Gasteiger partial charge in [0.1, 0.15) is 0 Å². The van der Waals surface area contributed by atoms with Gasteiger partial charge in [0.15, 0.2) is 0 Å². The number of likely N-dealkylation sites (tertiary alicyclic amines) is 1. The second-order valence-electron chi connectivity index (χ2n) is 4.77. The quantitative estimate of drug-likeness (QED) is 0.696. The van der Waals surface area contributed by atoms with Gasteiger partial charge >= 0.3 is 0 Å². The van der Waals surface area contributed by atoms with Crippen LogP contribution in [0.15, 0.2) is 16.8 Å². The second kappa shape index (κ2) is 3.23. The molecule has 2 aliphatic rings. The van der Waals surface area contributed by atoms with Crippen molar-refractivity contribution in [2.24, 2.45) is 0 Å². The molecule has 2 aliphatic heterocycles. The predicted octanol–water partition coefficient (Wildman–Crippen LogP) is 1.35. The molecule has 0 aliphatic carbocycles. The third kappa shape index (κ3) is 1.35. The average molecular weight is 207 g/mol. The van der Waals surface area contributed by atoms with E-state index in [1.165, 1.54) is 25.8 Å². The van der Waals surface area contributed by atoms with Crippen molar-refractivity contribution in [2.75, 3.05) is 31.6 Å². The van der Waals surface area contributed by atoms with Crippen LogP contribution < -0.4 is 4.90 Å². The second-order valence-corrected chi connectivity index (χ2v) is 4.77. The van der Waals surface area contributed by atoms with Gasteiger partial charge in [-0.1, -0.05) is 5.16 Å². The molecule has 0 saturated carbocycles. The summed E-state index contributed by atoms with van der Waals surface area (Å²) in [6.07, 6.45) is 5.64. The van der Waals surface area contributed by atoms with Gasteiger partial charge in [-0.3, -0.25) is 4.90 Å². The van der Waals surface area contributed by atoms with Gasteiger partial charge in [-0.05, 0) is 32.9 Å². The minimum absolute atomic E-state index is 0.410. The molecule has 1 spiro atoms. The molecule has 2 fully saturated rings. The van der Waals surface area contributed by atoms with E-state index >= 15 is 0 Å². The number of nitrogens with zero attached hydrogens (tertiary/aromatic N) is 3. The van der Waals surface area contributed by atoms with Crippen LogP contribution in [0.25, 0.3) is 0 Å². The zero-order chi connectivity index (χ0) is 10.3. The molecule has 0 bridgehead atoms. The lowest BCUT2D eigenvalue weighted by molar-refractivity contribution is 0.197. The van der Waals surface area contributed by atoms with E-state index in [0.717, 1.165) is 19.0 Å². The lowest BCUT2D eigenvalue weighted by Gasteiger charge is -2.31. The molecular formula is C11H17N3O. The van der Waals surface area contributed by atoms with Crippen molar-refractivity contribution in [3.63, 3.8) is 0 Å². The van der Waals surface area contributed by atoms with Gasteiger partial charge in [0.2, 0.25) is 5.88 Å². The number of aromatic nitrogens is 1. The van der Waals surface area contributed by atoms with Crippen LogP contribution in [0.4, 0.5) is 5.88 Å². The van der Waals surface area contributed by atoms with Crippen LogP contribution in [0.1, 0.15) is 19.3 Å². The molecule has 0 amide bonds. The molecule has 4 heteroatoms. The zero-order valence-corrected chi connectivity index (χ0v) is 9.15. The number of hydrogen-bond donors (Lipinski definition) is 0. The molecule has 3 rings (SSSR count). The highest BCUT2D eigenvalue weighted by Gasteiger charge is 2.44. The van der Waals surface area contributed by atoms with E-state index in [4.69, 9.17) is 4.52 Å². The standard InChI is InChI=1S/C11H17N3O/c1-13-7-2-4-11(13)5-8-14(9-11)10-3-6-12-15-10/h3,6H,2,4-5,7-9H2,1H3. The average Bonchev–Trinajstić information content (AvgIpc) is 2.92. The maximum atomic E-state index is 5.21. The molecular weight excluding hydrogens is 190 g/mol. The molecule has 1 aromatic heterocycles. The molecule has 2 saturated heterocycles. The molecule has 3 heterocycles. The Labute approximate surface area is 89.8 Å². The predicted molar refractivity (Wildman–Crippen MR) is 57.9 cm³/mol. The van der Waals surface area contributed by atoms with Crippen LogP contribution in [0, 0.1) is 0 Å². The summed E-state index contributed by atoms with van der Waals surface area (Å²) in [5.74, 6) is 0.923. The summed E-state index contributed by atoms with van der Waals surface area (Å²) in [6, 6.07) is 1.95. The molecule has 0 aromatic carbocycles. The van der Waals surface area contributed by atoms with Gasteiger partial charge in [-0.15, -0.1) is 0 Å². The summed E-state index contributed by atoms with van der Waals surface area (Å²) in [5.41, 5.74) is 0.410. The van der Waals surface area contributed by atoms with E-state index < -0.39 is 0 Å². The largest absolute Gasteiger partial charge is 0.339 e. The fraction of sp³-hybridized carbons (Fsp3) is 0.727. The van der Waals surface area contributed by atoms with Crippen LogP contribution in [-0.2, 0) is 0 Å². The zero-order valence-electron chi connectivity index (χ0n) is 9.15. The summed E-state index contributed by atoms with van der Waals surface area (Å²) < 4.78 is 5.21. The summed E-state index contributed by atoms with van der Waals surface area (Å²) in [6.45, 7) is 3.43. The van der Waals surface area contributed by atoms with Gasteiger partial charge in [0.25, 0.3) is 0 Å². The van der Waals surface area contributed by atoms with E-state index in [2.05, 4.69) is 22.0 Å². The molecule has 4 nitrogen and oxygen atoms in total. The molecule has 82 valence electrons. The maximum absolute atomic E-state index is 5.21. The van der Waals surface area contributed by atoms with Crippen LogP contribution in [0.2, 0.25) is 0 Å². The Hall–Kier alpha value is -1.03. The van der Waals surface area contributed by atoms with Crippen LogP contribution in [0.3, 0.4) is 0 Å². The van der Waals surface area contributed by atoms with Crippen LogP contribution in [-0.4, -0.2) is 42.3 Å². The lowest BCUT2D eigenvalue weighted by atomic mass is 9.96. The topological polar surface area (TPSA) is 32.5 Å². The minimum atomic E-state index is 0.410. The van der Waals surface area contributed by atoms with E-state index in [-0.39, 0.29) is 0 Å².